The van der Waals surface area contributed by atoms with E-state index >= 15 is 0 Å². The highest BCUT2D eigenvalue weighted by Crippen LogP contribution is 2.44. The number of nitrogens with two attached hydrogens (primary N) is 1. The highest BCUT2D eigenvalue weighted by atomic mass is 31.2. The lowest BCUT2D eigenvalue weighted by Crippen LogP contribution is -2.24. The van der Waals surface area contributed by atoms with Gasteiger partial charge in [-0.25, -0.2) is 0 Å². The van der Waals surface area contributed by atoms with Gasteiger partial charge in [0.05, 0.1) is 5.73 Å². The molecule has 0 aliphatic carbocycles. The highest BCUT2D eigenvalue weighted by Gasteiger charge is 2.12. The molecule has 1 radical (unpaired) electrons. The lowest BCUT2D eigenvalue weighted by Gasteiger charge is -2.29. The van der Waals surface area contributed by atoms with Gasteiger partial charge in [-0.05, 0) is 26.3 Å². The van der Waals surface area contributed by atoms with Gasteiger partial charge >= 0.3 is 0 Å². The molecule has 1 unspecified atom stereocenters. The monoisotopic (exact) mass is 270 g/mol. The molecule has 0 bridgehead atoms. The van der Waals surface area contributed by atoms with E-state index in [2.05, 4.69) is 31.9 Å². The van der Waals surface area contributed by atoms with Gasteiger partial charge in [0.25, 0.3) is 0 Å². The van der Waals surface area contributed by atoms with Gasteiger partial charge in [-0.1, -0.05) is 52.2 Å². The zero-order valence-corrected chi connectivity index (χ0v) is 13.5. The maximum absolute atomic E-state index is 5.91. The van der Waals surface area contributed by atoms with E-state index in [9.17, 15) is 0 Å². The number of unbranched alkanes of at least 4 members (excludes halogenated alkanes) is 3. The number of hydrazone groups is 1. The minimum Gasteiger partial charge on any atom is -0.394 e. The third-order valence-electron chi connectivity index (χ3n) is 3.11. The molecule has 0 rings (SSSR count). The number of amidine groups is 1. The third-order valence-corrected chi connectivity index (χ3v) is 5.88. The second-order valence-electron chi connectivity index (χ2n) is 5.13. The molecule has 0 saturated carbocycles. The predicted octanol–water partition coefficient (Wildman–Crippen LogP) is 3.26. The molecule has 5 heteroatoms. The lowest BCUT2D eigenvalue weighted by atomic mass is 9.72. The Morgan fingerprint density at radius 1 is 1.28 bits per heavy atom. The molecule has 0 aromatic carbocycles. The van der Waals surface area contributed by atoms with E-state index in [-0.39, 0.29) is 0 Å². The summed E-state index contributed by atoms with van der Waals surface area (Å²) in [6.07, 6.45) is 12.7. The van der Waals surface area contributed by atoms with E-state index in [1.807, 2.05) is 19.1 Å². The first-order chi connectivity index (χ1) is 8.44. The minimum absolute atomic E-state index is 0.635. The molecule has 0 saturated heterocycles. The van der Waals surface area contributed by atoms with Crippen LogP contribution in [-0.4, -0.2) is 44.0 Å². The van der Waals surface area contributed by atoms with Crippen molar-refractivity contribution < 1.29 is 0 Å². The van der Waals surface area contributed by atoms with Crippen LogP contribution in [0.25, 0.3) is 0 Å². The Balaban J connectivity index is 4.21. The molecule has 0 aliphatic rings. The van der Waals surface area contributed by atoms with Crippen LogP contribution in [0.1, 0.15) is 46.0 Å². The maximum atomic E-state index is 5.91. The quantitative estimate of drug-likeness (QED) is 0.165. The van der Waals surface area contributed by atoms with Crippen molar-refractivity contribution in [2.24, 2.45) is 10.8 Å². The van der Waals surface area contributed by atoms with Gasteiger partial charge in [-0.15, -0.1) is 0 Å². The number of rotatable bonds is 10. The summed E-state index contributed by atoms with van der Waals surface area (Å²) in [5.74, 6) is 0. The molecule has 0 amide bonds. The largest absolute Gasteiger partial charge is 0.394 e. The molecule has 2 N–H and O–H groups in total. The van der Waals surface area contributed by atoms with Crippen molar-refractivity contribution in [3.63, 3.8) is 0 Å². The van der Waals surface area contributed by atoms with Crippen LogP contribution in [0.4, 0.5) is 0 Å². The molecule has 1 atom stereocenters. The smallest absolute Gasteiger partial charge is 0.203 e. The van der Waals surface area contributed by atoms with Crippen LogP contribution in [0.3, 0.4) is 0 Å². The Bertz CT molecular complexity index is 292. The summed E-state index contributed by atoms with van der Waals surface area (Å²) in [5.41, 5.74) is 6.55. The summed E-state index contributed by atoms with van der Waals surface area (Å²) in [7, 11) is 2.67. The first-order valence-electron chi connectivity index (χ1n) is 7.05. The van der Waals surface area contributed by atoms with Gasteiger partial charge < -0.3 is 5.73 Å². The molecule has 18 heavy (non-hydrogen) atoms. The Morgan fingerprint density at radius 2 is 1.89 bits per heavy atom. The lowest BCUT2D eigenvalue weighted by molar-refractivity contribution is 0.588. The summed E-state index contributed by atoms with van der Waals surface area (Å²) in [6, 6.07) is 0. The molecule has 0 aromatic heterocycles. The summed E-state index contributed by atoms with van der Waals surface area (Å²) >= 11 is 0. The summed E-state index contributed by atoms with van der Waals surface area (Å²) in [5, 5.41) is 4.46. The number of hydrogen-bond acceptors (Lipinski definition) is 2. The average molecular weight is 270 g/mol. The zero-order chi connectivity index (χ0) is 14.0. The van der Waals surface area contributed by atoms with E-state index in [1.54, 1.807) is 0 Å². The molecule has 0 spiro atoms. The standard InChI is InChI=1S/C13H30BN3P/c1-6-8-10-12-18(4,5)17(3)16-13(15)14-11-9-7-2/h4,6-12H2,1-3,5H3,(H2,15,16). The maximum Gasteiger partial charge on any atom is 0.203 e. The van der Waals surface area contributed by atoms with Crippen molar-refractivity contribution in [1.82, 2.24) is 4.78 Å². The Morgan fingerprint density at radius 3 is 2.44 bits per heavy atom. The van der Waals surface area contributed by atoms with Crippen LogP contribution in [0.15, 0.2) is 5.10 Å². The summed E-state index contributed by atoms with van der Waals surface area (Å²) in [4.78, 5) is 0. The average Bonchev–Trinajstić information content (AvgIpc) is 2.29. The Kier molecular flexibility index (Phi) is 9.36. The minimum atomic E-state index is -1.36. The molecular weight excluding hydrogens is 240 g/mol. The fraction of sp³-hybridized carbons (Fsp3) is 0.846. The molecule has 0 aliphatic heterocycles. The first kappa shape index (κ1) is 17.6. The van der Waals surface area contributed by atoms with Crippen molar-refractivity contribution in [1.29, 1.82) is 0 Å². The van der Waals surface area contributed by atoms with Crippen LogP contribution in [0.5, 0.6) is 0 Å². The Hall–Kier alpha value is -0.365. The second-order valence-corrected chi connectivity index (χ2v) is 8.83. The molecule has 0 aromatic rings. The molecule has 3 nitrogen and oxygen atoms in total. The van der Waals surface area contributed by atoms with Crippen molar-refractivity contribution in [2.45, 2.75) is 52.3 Å². The highest BCUT2D eigenvalue weighted by molar-refractivity contribution is 7.70. The van der Waals surface area contributed by atoms with Crippen LogP contribution in [0.2, 0.25) is 6.32 Å². The van der Waals surface area contributed by atoms with Crippen LogP contribution < -0.4 is 5.73 Å². The summed E-state index contributed by atoms with van der Waals surface area (Å²) < 4.78 is 2.01. The summed E-state index contributed by atoms with van der Waals surface area (Å²) in [6.45, 7) is 6.63. The number of hydrogen-bond donors (Lipinski definition) is 1. The second kappa shape index (κ2) is 9.55. The molecule has 0 heterocycles. The van der Waals surface area contributed by atoms with Crippen molar-refractivity contribution in [3.8, 4) is 0 Å². The van der Waals surface area contributed by atoms with E-state index in [0.29, 0.717) is 5.73 Å². The van der Waals surface area contributed by atoms with Crippen LogP contribution in [0, 0.1) is 0 Å². The van der Waals surface area contributed by atoms with Gasteiger partial charge in [0.2, 0.25) is 7.28 Å². The fourth-order valence-electron chi connectivity index (χ4n) is 1.62. The number of nitrogens with zero attached hydrogens (tertiary/aromatic N) is 2. The molecule has 105 valence electrons. The van der Waals surface area contributed by atoms with E-state index in [4.69, 9.17) is 5.73 Å². The normalized spacial score (nSPS) is 15.2. The van der Waals surface area contributed by atoms with Gasteiger partial charge in [-0.3, -0.25) is 4.78 Å². The van der Waals surface area contributed by atoms with Gasteiger partial charge in [0, 0.05) is 7.05 Å². The van der Waals surface area contributed by atoms with Crippen LogP contribution >= 0.6 is 7.04 Å². The zero-order valence-electron chi connectivity index (χ0n) is 12.7. The van der Waals surface area contributed by atoms with Crippen molar-refractivity contribution in [3.05, 3.63) is 0 Å². The van der Waals surface area contributed by atoms with Gasteiger partial charge in [-0.2, -0.15) is 5.10 Å². The Labute approximate surface area is 114 Å². The molecule has 0 fully saturated rings. The predicted molar refractivity (Wildman–Crippen MR) is 89.2 cm³/mol. The molecular formula is C13H30BN3P. The SMILES string of the molecule is C=P(C)(CCCCC)N(C)N=C(N)[B]CCCC. The van der Waals surface area contributed by atoms with Crippen LogP contribution in [-0.2, 0) is 0 Å². The van der Waals surface area contributed by atoms with E-state index in [1.165, 1.54) is 32.1 Å². The van der Waals surface area contributed by atoms with E-state index in [0.717, 1.165) is 12.5 Å². The third kappa shape index (κ3) is 7.86. The van der Waals surface area contributed by atoms with Gasteiger partial charge in [0.15, 0.2) is 0 Å². The van der Waals surface area contributed by atoms with E-state index < -0.39 is 7.04 Å². The topological polar surface area (TPSA) is 41.6 Å². The fourth-order valence-corrected chi connectivity index (χ4v) is 3.13. The van der Waals surface area contributed by atoms with Crippen molar-refractivity contribution in [2.75, 3.05) is 19.9 Å². The van der Waals surface area contributed by atoms with Crippen molar-refractivity contribution >= 4 is 26.4 Å². The first-order valence-corrected chi connectivity index (χ1v) is 9.61. The van der Waals surface area contributed by atoms with Gasteiger partial charge in [0.1, 0.15) is 0 Å².